The first kappa shape index (κ1) is 21.0. The van der Waals surface area contributed by atoms with Gasteiger partial charge < -0.3 is 9.84 Å². The Labute approximate surface area is 182 Å². The van der Waals surface area contributed by atoms with E-state index in [-0.39, 0.29) is 23.8 Å². The molecule has 4 rings (SSSR count). The zero-order chi connectivity index (χ0) is 22.4. The fraction of sp³-hybridized carbons (Fsp3) is 0.200. The summed E-state index contributed by atoms with van der Waals surface area (Å²) >= 11 is 3.38. The minimum absolute atomic E-state index is 0.0817. The number of aromatic nitrogens is 2. The molecule has 2 aromatic carbocycles. The molecule has 1 aromatic heterocycles. The van der Waals surface area contributed by atoms with Gasteiger partial charge in [0.1, 0.15) is 12.1 Å². The molecule has 1 atom stereocenters. The van der Waals surface area contributed by atoms with Gasteiger partial charge >= 0.3 is 12.2 Å². The van der Waals surface area contributed by atoms with Crippen LogP contribution in [-0.4, -0.2) is 27.0 Å². The SMILES string of the molecule is CC1(c2ccccc2Br)NC(=O)N(Cc2nc(-c3cccc(C(F)(F)F)c3)no2)C1=O. The van der Waals surface area contributed by atoms with E-state index >= 15 is 0 Å². The number of carbonyl (C=O) groups excluding carboxylic acids is 2. The summed E-state index contributed by atoms with van der Waals surface area (Å²) < 4.78 is 44.5. The highest BCUT2D eigenvalue weighted by molar-refractivity contribution is 9.10. The fourth-order valence-corrected chi connectivity index (χ4v) is 3.98. The first-order valence-electron chi connectivity index (χ1n) is 8.99. The normalized spacial score (nSPS) is 19.1. The zero-order valence-electron chi connectivity index (χ0n) is 15.9. The number of alkyl halides is 3. The van der Waals surface area contributed by atoms with Crippen molar-refractivity contribution in [3.05, 3.63) is 70.0 Å². The number of halogens is 4. The van der Waals surface area contributed by atoms with Crippen LogP contribution in [0.3, 0.4) is 0 Å². The van der Waals surface area contributed by atoms with Gasteiger partial charge in [0, 0.05) is 15.6 Å². The number of amides is 3. The number of rotatable bonds is 4. The Hall–Kier alpha value is -3.21. The third kappa shape index (κ3) is 3.80. The Bertz CT molecular complexity index is 1180. The number of nitrogens with zero attached hydrogens (tertiary/aromatic N) is 3. The number of hydrogen-bond donors (Lipinski definition) is 1. The van der Waals surface area contributed by atoms with Crippen molar-refractivity contribution in [2.24, 2.45) is 0 Å². The van der Waals surface area contributed by atoms with Gasteiger partial charge in [0.05, 0.1) is 5.56 Å². The van der Waals surface area contributed by atoms with Crippen LogP contribution in [0.2, 0.25) is 0 Å². The van der Waals surface area contributed by atoms with E-state index in [4.69, 9.17) is 4.52 Å². The second-order valence-corrected chi connectivity index (χ2v) is 7.87. The number of imide groups is 1. The van der Waals surface area contributed by atoms with Crippen molar-refractivity contribution >= 4 is 27.9 Å². The van der Waals surface area contributed by atoms with E-state index in [9.17, 15) is 22.8 Å². The third-order valence-electron chi connectivity index (χ3n) is 4.90. The Kier molecular flexibility index (Phi) is 5.08. The van der Waals surface area contributed by atoms with Crippen LogP contribution in [-0.2, 0) is 23.1 Å². The minimum Gasteiger partial charge on any atom is -0.337 e. The highest BCUT2D eigenvalue weighted by Gasteiger charge is 2.50. The molecular weight excluding hydrogens is 481 g/mol. The quantitative estimate of drug-likeness (QED) is 0.540. The lowest BCUT2D eigenvalue weighted by molar-refractivity contribution is -0.137. The van der Waals surface area contributed by atoms with E-state index in [1.807, 2.05) is 0 Å². The van der Waals surface area contributed by atoms with Gasteiger partial charge in [-0.25, -0.2) is 4.79 Å². The van der Waals surface area contributed by atoms with E-state index in [1.165, 1.54) is 12.1 Å². The van der Waals surface area contributed by atoms with Gasteiger partial charge in [-0.1, -0.05) is 51.4 Å². The summed E-state index contributed by atoms with van der Waals surface area (Å²) in [7, 11) is 0. The number of carbonyl (C=O) groups is 2. The van der Waals surface area contributed by atoms with Gasteiger partial charge in [-0.05, 0) is 25.1 Å². The van der Waals surface area contributed by atoms with Crippen LogP contribution < -0.4 is 5.32 Å². The van der Waals surface area contributed by atoms with Crippen molar-refractivity contribution in [1.29, 1.82) is 0 Å². The zero-order valence-corrected chi connectivity index (χ0v) is 17.5. The van der Waals surface area contributed by atoms with Crippen LogP contribution in [0.25, 0.3) is 11.4 Å². The summed E-state index contributed by atoms with van der Waals surface area (Å²) in [6.45, 7) is 1.26. The van der Waals surface area contributed by atoms with Crippen molar-refractivity contribution in [3.8, 4) is 11.4 Å². The smallest absolute Gasteiger partial charge is 0.337 e. The lowest BCUT2D eigenvalue weighted by Gasteiger charge is -2.23. The van der Waals surface area contributed by atoms with Gasteiger partial charge in [0.25, 0.3) is 5.91 Å². The highest BCUT2D eigenvalue weighted by Crippen LogP contribution is 2.34. The second-order valence-electron chi connectivity index (χ2n) is 7.02. The van der Waals surface area contributed by atoms with Crippen LogP contribution in [0.4, 0.5) is 18.0 Å². The first-order chi connectivity index (χ1) is 14.6. The summed E-state index contributed by atoms with van der Waals surface area (Å²) in [6, 6.07) is 10.8. The predicted octanol–water partition coefficient (Wildman–Crippen LogP) is 4.49. The molecule has 0 radical (unpaired) electrons. The van der Waals surface area contributed by atoms with Crippen LogP contribution in [0.1, 0.15) is 23.9 Å². The molecule has 0 aliphatic carbocycles. The molecule has 1 fully saturated rings. The highest BCUT2D eigenvalue weighted by atomic mass is 79.9. The molecular formula is C20H14BrF3N4O3. The number of urea groups is 1. The molecule has 31 heavy (non-hydrogen) atoms. The maximum absolute atomic E-state index is 13.0. The van der Waals surface area contributed by atoms with Crippen LogP contribution in [0.15, 0.2) is 57.5 Å². The lowest BCUT2D eigenvalue weighted by Crippen LogP contribution is -2.41. The second kappa shape index (κ2) is 7.49. The van der Waals surface area contributed by atoms with E-state index in [0.717, 1.165) is 17.0 Å². The molecule has 1 unspecified atom stereocenters. The molecule has 11 heteroatoms. The molecule has 160 valence electrons. The van der Waals surface area contributed by atoms with Crippen molar-refractivity contribution in [3.63, 3.8) is 0 Å². The number of nitrogens with one attached hydrogen (secondary N) is 1. The van der Waals surface area contributed by atoms with Crippen molar-refractivity contribution in [2.75, 3.05) is 0 Å². The minimum atomic E-state index is -4.52. The molecule has 3 aromatic rings. The lowest BCUT2D eigenvalue weighted by atomic mass is 9.92. The van der Waals surface area contributed by atoms with Gasteiger partial charge in [0.15, 0.2) is 0 Å². The topological polar surface area (TPSA) is 88.3 Å². The Morgan fingerprint density at radius 2 is 1.90 bits per heavy atom. The van der Waals surface area contributed by atoms with Crippen molar-refractivity contribution in [1.82, 2.24) is 20.4 Å². The van der Waals surface area contributed by atoms with Gasteiger partial charge in [0.2, 0.25) is 11.7 Å². The molecule has 1 aliphatic rings. The maximum Gasteiger partial charge on any atom is 0.416 e. The average Bonchev–Trinajstić information content (AvgIpc) is 3.27. The van der Waals surface area contributed by atoms with E-state index in [1.54, 1.807) is 31.2 Å². The monoisotopic (exact) mass is 494 g/mol. The Morgan fingerprint density at radius 1 is 1.16 bits per heavy atom. The summed E-state index contributed by atoms with van der Waals surface area (Å²) in [4.78, 5) is 30.5. The fourth-order valence-electron chi connectivity index (χ4n) is 3.30. The molecule has 1 N–H and O–H groups in total. The Balaban J connectivity index is 1.57. The largest absolute Gasteiger partial charge is 0.416 e. The van der Waals surface area contributed by atoms with E-state index in [2.05, 4.69) is 31.4 Å². The molecule has 1 saturated heterocycles. The summed E-state index contributed by atoms with van der Waals surface area (Å²) in [5.74, 6) is -0.697. The number of benzene rings is 2. The summed E-state index contributed by atoms with van der Waals surface area (Å²) in [6.07, 6.45) is -4.52. The predicted molar refractivity (Wildman–Crippen MR) is 105 cm³/mol. The molecule has 0 saturated carbocycles. The summed E-state index contributed by atoms with van der Waals surface area (Å²) in [5.41, 5.74) is -1.48. The van der Waals surface area contributed by atoms with Crippen LogP contribution in [0, 0.1) is 0 Å². The maximum atomic E-state index is 13.0. The summed E-state index contributed by atoms with van der Waals surface area (Å²) in [5, 5.41) is 6.34. The van der Waals surface area contributed by atoms with Crippen molar-refractivity contribution < 1.29 is 27.3 Å². The van der Waals surface area contributed by atoms with Crippen molar-refractivity contribution in [2.45, 2.75) is 25.2 Å². The number of hydrogen-bond acceptors (Lipinski definition) is 5. The third-order valence-corrected chi connectivity index (χ3v) is 5.59. The molecule has 3 amide bonds. The first-order valence-corrected chi connectivity index (χ1v) is 9.78. The molecule has 7 nitrogen and oxygen atoms in total. The van der Waals surface area contributed by atoms with Gasteiger partial charge in [-0.2, -0.15) is 18.2 Å². The molecule has 0 bridgehead atoms. The molecule has 2 heterocycles. The van der Waals surface area contributed by atoms with E-state index < -0.39 is 29.2 Å². The van der Waals surface area contributed by atoms with Gasteiger partial charge in [-0.3, -0.25) is 9.69 Å². The average molecular weight is 495 g/mol. The van der Waals surface area contributed by atoms with E-state index in [0.29, 0.717) is 10.0 Å². The standard InChI is InChI=1S/C20H14BrF3N4O3/c1-19(13-7-2-3-8-14(13)21)17(29)28(18(30)26-19)10-15-25-16(27-31-15)11-5-4-6-12(9-11)20(22,23)24/h2-9H,10H2,1H3,(H,26,30). The molecule has 0 spiro atoms. The van der Waals surface area contributed by atoms with Crippen LogP contribution >= 0.6 is 15.9 Å². The molecule has 1 aliphatic heterocycles. The Morgan fingerprint density at radius 3 is 2.61 bits per heavy atom. The van der Waals surface area contributed by atoms with Gasteiger partial charge in [-0.15, -0.1) is 0 Å². The van der Waals surface area contributed by atoms with Crippen LogP contribution in [0.5, 0.6) is 0 Å².